The molecule has 1 fully saturated rings. The van der Waals surface area contributed by atoms with Crippen molar-refractivity contribution in [3.8, 4) is 0 Å². The fraction of sp³-hybridized carbons (Fsp3) is 0.364. The molecule has 0 aromatic heterocycles. The first-order valence-corrected chi connectivity index (χ1v) is 6.77. The number of thioether (sulfide) groups is 1. The molecule has 1 atom stereocenters. The van der Waals surface area contributed by atoms with Gasteiger partial charge in [0, 0.05) is 18.1 Å². The second kappa shape index (κ2) is 5.71. The highest BCUT2D eigenvalue weighted by Gasteiger charge is 2.21. The molecule has 3 nitrogen and oxygen atoms in total. The molecule has 0 spiro atoms. The quantitative estimate of drug-likeness (QED) is 0.868. The van der Waals surface area contributed by atoms with Crippen LogP contribution in [0.2, 0.25) is 5.02 Å². The van der Waals surface area contributed by atoms with Gasteiger partial charge >= 0.3 is 0 Å². The van der Waals surface area contributed by atoms with Crippen LogP contribution in [0.15, 0.2) is 18.2 Å². The molecule has 1 unspecified atom stereocenters. The lowest BCUT2D eigenvalue weighted by Gasteiger charge is -2.22. The highest BCUT2D eigenvalue weighted by atomic mass is 35.5. The summed E-state index contributed by atoms with van der Waals surface area (Å²) in [6.07, 6.45) is 0. The van der Waals surface area contributed by atoms with Crippen molar-refractivity contribution in [1.29, 1.82) is 0 Å². The Bertz CT molecular complexity index is 424. The lowest BCUT2D eigenvalue weighted by atomic mass is 10.2. The Morgan fingerprint density at radius 1 is 1.59 bits per heavy atom. The Labute approximate surface area is 108 Å². The van der Waals surface area contributed by atoms with Crippen LogP contribution in [-0.2, 0) is 4.79 Å². The molecule has 1 aliphatic rings. The van der Waals surface area contributed by atoms with Crippen molar-refractivity contribution in [2.75, 3.05) is 23.4 Å². The Morgan fingerprint density at radius 3 is 3.12 bits per heavy atom. The normalized spacial score (nSPS) is 20.0. The van der Waals surface area contributed by atoms with Crippen LogP contribution in [0.25, 0.3) is 0 Å². The molecule has 0 saturated carbocycles. The van der Waals surface area contributed by atoms with E-state index in [1.165, 1.54) is 18.2 Å². The number of carbonyl (C=O) groups excluding carboxylic acids is 1. The van der Waals surface area contributed by atoms with Gasteiger partial charge in [-0.05, 0) is 18.2 Å². The Balaban J connectivity index is 2.04. The van der Waals surface area contributed by atoms with E-state index in [-0.39, 0.29) is 11.9 Å². The van der Waals surface area contributed by atoms with Crippen LogP contribution in [0.4, 0.5) is 10.1 Å². The Kier molecular flexibility index (Phi) is 4.25. The maximum atomic E-state index is 13.0. The minimum absolute atomic E-state index is 0.176. The average Bonchev–Trinajstić information content (AvgIpc) is 2.35. The summed E-state index contributed by atoms with van der Waals surface area (Å²) in [6.45, 7) is 0.805. The number of hydrogen-bond acceptors (Lipinski definition) is 3. The lowest BCUT2D eigenvalue weighted by molar-refractivity contribution is -0.117. The van der Waals surface area contributed by atoms with Gasteiger partial charge in [0.15, 0.2) is 0 Å². The zero-order valence-corrected chi connectivity index (χ0v) is 10.6. The predicted molar refractivity (Wildman–Crippen MR) is 69.2 cm³/mol. The second-order valence-corrected chi connectivity index (χ2v) is 5.25. The van der Waals surface area contributed by atoms with Crippen LogP contribution < -0.4 is 10.6 Å². The Hall–Kier alpha value is -0.780. The van der Waals surface area contributed by atoms with E-state index in [1.807, 2.05) is 0 Å². The monoisotopic (exact) mass is 274 g/mol. The number of nitrogens with one attached hydrogen (secondary N) is 2. The number of halogens is 2. The predicted octanol–water partition coefficient (Wildman–Crippen LogP) is 2.12. The SMILES string of the molecule is O=C(Nc1cc(F)ccc1Cl)C1CSCCN1. The maximum Gasteiger partial charge on any atom is 0.242 e. The molecule has 1 aliphatic heterocycles. The van der Waals surface area contributed by atoms with Gasteiger partial charge in [-0.25, -0.2) is 4.39 Å². The average molecular weight is 275 g/mol. The van der Waals surface area contributed by atoms with Gasteiger partial charge in [-0.1, -0.05) is 11.6 Å². The minimum Gasteiger partial charge on any atom is -0.323 e. The van der Waals surface area contributed by atoms with Gasteiger partial charge in [-0.15, -0.1) is 0 Å². The summed E-state index contributed by atoms with van der Waals surface area (Å²) in [5.41, 5.74) is 0.314. The van der Waals surface area contributed by atoms with Crippen LogP contribution in [0, 0.1) is 5.82 Å². The molecule has 1 aromatic rings. The summed E-state index contributed by atoms with van der Waals surface area (Å²) < 4.78 is 13.0. The van der Waals surface area contributed by atoms with Crippen molar-refractivity contribution in [2.24, 2.45) is 0 Å². The van der Waals surface area contributed by atoms with E-state index < -0.39 is 5.82 Å². The van der Waals surface area contributed by atoms with Crippen molar-refractivity contribution in [1.82, 2.24) is 5.32 Å². The number of carbonyl (C=O) groups is 1. The van der Waals surface area contributed by atoms with Crippen molar-refractivity contribution in [3.63, 3.8) is 0 Å². The first kappa shape index (κ1) is 12.7. The number of rotatable bonds is 2. The minimum atomic E-state index is -0.421. The number of amides is 1. The van der Waals surface area contributed by atoms with Gasteiger partial charge in [0.2, 0.25) is 5.91 Å². The first-order valence-electron chi connectivity index (χ1n) is 5.24. The molecule has 2 N–H and O–H groups in total. The molecule has 6 heteroatoms. The zero-order valence-electron chi connectivity index (χ0n) is 9.00. The topological polar surface area (TPSA) is 41.1 Å². The second-order valence-electron chi connectivity index (χ2n) is 3.70. The molecule has 0 bridgehead atoms. The molecular formula is C11H12ClFN2OS. The van der Waals surface area contributed by atoms with Gasteiger partial charge in [0.1, 0.15) is 5.82 Å². The molecular weight excluding hydrogens is 263 g/mol. The molecule has 2 rings (SSSR count). The number of hydrogen-bond donors (Lipinski definition) is 2. The van der Waals surface area contributed by atoms with E-state index in [4.69, 9.17) is 11.6 Å². The molecule has 1 amide bonds. The molecule has 17 heavy (non-hydrogen) atoms. The largest absolute Gasteiger partial charge is 0.323 e. The molecule has 1 aromatic carbocycles. The third-order valence-electron chi connectivity index (χ3n) is 2.42. The molecule has 0 aliphatic carbocycles. The number of benzene rings is 1. The van der Waals surface area contributed by atoms with Gasteiger partial charge < -0.3 is 10.6 Å². The third-order valence-corrected chi connectivity index (χ3v) is 3.82. The van der Waals surface area contributed by atoms with Crippen molar-refractivity contribution >= 4 is 35.0 Å². The van der Waals surface area contributed by atoms with Crippen LogP contribution in [0.3, 0.4) is 0 Å². The summed E-state index contributed by atoms with van der Waals surface area (Å²) in [6, 6.07) is 3.66. The van der Waals surface area contributed by atoms with Crippen molar-refractivity contribution in [3.05, 3.63) is 29.0 Å². The first-order chi connectivity index (χ1) is 8.16. The van der Waals surface area contributed by atoms with E-state index in [0.29, 0.717) is 10.7 Å². The van der Waals surface area contributed by atoms with Crippen molar-refractivity contribution in [2.45, 2.75) is 6.04 Å². The fourth-order valence-corrected chi connectivity index (χ4v) is 2.65. The third kappa shape index (κ3) is 3.34. The smallest absolute Gasteiger partial charge is 0.242 e. The fourth-order valence-electron chi connectivity index (χ4n) is 1.55. The molecule has 0 radical (unpaired) electrons. The maximum absolute atomic E-state index is 13.0. The molecule has 92 valence electrons. The van der Waals surface area contributed by atoms with Crippen LogP contribution in [0.1, 0.15) is 0 Å². The van der Waals surface area contributed by atoms with Gasteiger partial charge in [0.05, 0.1) is 16.8 Å². The highest BCUT2D eigenvalue weighted by molar-refractivity contribution is 7.99. The van der Waals surface area contributed by atoms with E-state index in [0.717, 1.165) is 18.1 Å². The summed E-state index contributed by atoms with van der Waals surface area (Å²) in [7, 11) is 0. The van der Waals surface area contributed by atoms with Crippen molar-refractivity contribution < 1.29 is 9.18 Å². The summed E-state index contributed by atoms with van der Waals surface area (Å²) in [4.78, 5) is 11.9. The van der Waals surface area contributed by atoms with E-state index in [2.05, 4.69) is 10.6 Å². The summed E-state index contributed by atoms with van der Waals surface area (Å²) in [5.74, 6) is 1.13. The summed E-state index contributed by atoms with van der Waals surface area (Å²) in [5, 5.41) is 6.07. The van der Waals surface area contributed by atoms with Gasteiger partial charge in [-0.2, -0.15) is 11.8 Å². The molecule has 1 heterocycles. The lowest BCUT2D eigenvalue weighted by Crippen LogP contribution is -2.46. The molecule has 1 saturated heterocycles. The van der Waals surface area contributed by atoms with Crippen LogP contribution in [0.5, 0.6) is 0 Å². The number of anilines is 1. The summed E-state index contributed by atoms with van der Waals surface area (Å²) >= 11 is 7.59. The van der Waals surface area contributed by atoms with Crippen LogP contribution in [-0.4, -0.2) is 30.0 Å². The van der Waals surface area contributed by atoms with Gasteiger partial charge in [0.25, 0.3) is 0 Å². The van der Waals surface area contributed by atoms with E-state index in [1.54, 1.807) is 11.8 Å². The van der Waals surface area contributed by atoms with E-state index in [9.17, 15) is 9.18 Å². The van der Waals surface area contributed by atoms with E-state index >= 15 is 0 Å². The Morgan fingerprint density at radius 2 is 2.41 bits per heavy atom. The zero-order chi connectivity index (χ0) is 12.3. The standard InChI is InChI=1S/C11H12ClFN2OS/c12-8-2-1-7(13)5-9(8)15-11(16)10-6-17-4-3-14-10/h1-2,5,10,14H,3-4,6H2,(H,15,16). The van der Waals surface area contributed by atoms with Crippen LogP contribution >= 0.6 is 23.4 Å². The van der Waals surface area contributed by atoms with Gasteiger partial charge in [-0.3, -0.25) is 4.79 Å². The highest BCUT2D eigenvalue weighted by Crippen LogP contribution is 2.22.